The van der Waals surface area contributed by atoms with E-state index < -0.39 is 10.0 Å². The summed E-state index contributed by atoms with van der Waals surface area (Å²) in [4.78, 5) is 14.9. The van der Waals surface area contributed by atoms with Crippen LogP contribution in [0.2, 0.25) is 0 Å². The Labute approximate surface area is 189 Å². The van der Waals surface area contributed by atoms with Gasteiger partial charge in [-0.1, -0.05) is 0 Å². The smallest absolute Gasteiger partial charge is 0.253 e. The van der Waals surface area contributed by atoms with Crippen LogP contribution >= 0.6 is 0 Å². The third-order valence-electron chi connectivity index (χ3n) is 5.95. The molecule has 1 saturated heterocycles. The Kier molecular flexibility index (Phi) is 6.89. The van der Waals surface area contributed by atoms with Gasteiger partial charge in [-0.3, -0.25) is 4.79 Å². The summed E-state index contributed by atoms with van der Waals surface area (Å²) < 4.78 is 31.2. The highest BCUT2D eigenvalue weighted by atomic mass is 32.2. The highest BCUT2D eigenvalue weighted by Gasteiger charge is 2.30. The lowest BCUT2D eigenvalue weighted by molar-refractivity contribution is 0.0967. The number of carbonyl (C=O) groups is 1. The van der Waals surface area contributed by atoms with Gasteiger partial charge in [-0.05, 0) is 87.1 Å². The van der Waals surface area contributed by atoms with Gasteiger partial charge in [0.1, 0.15) is 5.75 Å². The molecule has 2 aliphatic rings. The topological polar surface area (TPSA) is 99.5 Å². The first-order valence-corrected chi connectivity index (χ1v) is 12.5. The quantitative estimate of drug-likeness (QED) is 0.435. The van der Waals surface area contributed by atoms with Crippen molar-refractivity contribution >= 4 is 15.8 Å². The molecule has 1 saturated carbocycles. The lowest BCUT2D eigenvalue weighted by Crippen LogP contribution is -2.45. The van der Waals surface area contributed by atoms with Crippen molar-refractivity contribution in [3.05, 3.63) is 59.7 Å². The molecule has 2 aromatic rings. The molecule has 0 spiro atoms. The summed E-state index contributed by atoms with van der Waals surface area (Å²) in [5.74, 6) is 1.17. The number of carbonyl (C=O) groups excluding carboxylic acids is 1. The Hall–Kier alpha value is -2.73. The average Bonchev–Trinajstić information content (AvgIpc) is 3.57. The largest absolute Gasteiger partial charge is 0.494 e. The summed E-state index contributed by atoms with van der Waals surface area (Å²) in [6, 6.07) is 15.3. The molecule has 168 valence electrons. The van der Waals surface area contributed by atoms with Gasteiger partial charge in [0, 0.05) is 24.1 Å². The first-order valence-electron chi connectivity index (χ1n) is 11.0. The fourth-order valence-electron chi connectivity index (χ4n) is 3.98. The van der Waals surface area contributed by atoms with Crippen LogP contribution in [0.25, 0.3) is 0 Å². The lowest BCUT2D eigenvalue weighted by atomic mass is 10.1. The molecule has 2 fully saturated rings. The lowest BCUT2D eigenvalue weighted by Gasteiger charge is -2.25. The van der Waals surface area contributed by atoms with Crippen molar-refractivity contribution in [1.29, 1.82) is 5.26 Å². The molecule has 1 heterocycles. The van der Waals surface area contributed by atoms with E-state index in [0.717, 1.165) is 49.8 Å². The molecular formula is C24H27N3O4S. The van der Waals surface area contributed by atoms with Crippen molar-refractivity contribution < 1.29 is 17.9 Å². The number of sulfonamides is 1. The SMILES string of the molecule is N#Cc1ccc(S(=O)(=O)NN2CCCC2CCCOc2ccc(C(=O)C3CC3)cc2)cc1. The molecule has 4 rings (SSSR count). The number of ketones is 1. The summed E-state index contributed by atoms with van der Waals surface area (Å²) in [5, 5.41) is 10.7. The second kappa shape index (κ2) is 9.82. The maximum absolute atomic E-state index is 12.7. The summed E-state index contributed by atoms with van der Waals surface area (Å²) >= 11 is 0. The van der Waals surface area contributed by atoms with Crippen molar-refractivity contribution in [2.45, 2.75) is 49.5 Å². The minimum absolute atomic E-state index is 0.116. The number of ether oxygens (including phenoxy) is 1. The molecule has 32 heavy (non-hydrogen) atoms. The van der Waals surface area contributed by atoms with E-state index in [1.807, 2.05) is 30.3 Å². The molecule has 1 unspecified atom stereocenters. The molecule has 0 amide bonds. The first-order chi connectivity index (χ1) is 15.5. The van der Waals surface area contributed by atoms with Crippen molar-refractivity contribution in [3.8, 4) is 11.8 Å². The molecular weight excluding hydrogens is 426 g/mol. The average molecular weight is 454 g/mol. The zero-order valence-electron chi connectivity index (χ0n) is 17.9. The monoisotopic (exact) mass is 453 g/mol. The van der Waals surface area contributed by atoms with E-state index in [-0.39, 0.29) is 22.6 Å². The molecule has 2 aromatic carbocycles. The molecule has 1 atom stereocenters. The van der Waals surface area contributed by atoms with Gasteiger partial charge in [0.05, 0.1) is 23.1 Å². The second-order valence-corrected chi connectivity index (χ2v) is 10.0. The normalized spacial score (nSPS) is 18.9. The van der Waals surface area contributed by atoms with Crippen molar-refractivity contribution in [2.75, 3.05) is 13.2 Å². The predicted octanol–water partition coefficient (Wildman–Crippen LogP) is 3.67. The zero-order chi connectivity index (χ0) is 22.6. The van der Waals surface area contributed by atoms with Gasteiger partial charge in [-0.15, -0.1) is 4.83 Å². The number of rotatable bonds is 10. The highest BCUT2D eigenvalue weighted by molar-refractivity contribution is 7.89. The second-order valence-electron chi connectivity index (χ2n) is 8.37. The van der Waals surface area contributed by atoms with E-state index in [0.29, 0.717) is 18.7 Å². The summed E-state index contributed by atoms with van der Waals surface area (Å²) in [5.41, 5.74) is 1.17. The Morgan fingerprint density at radius 1 is 1.09 bits per heavy atom. The van der Waals surface area contributed by atoms with Crippen LogP contribution in [-0.2, 0) is 10.0 Å². The van der Waals surface area contributed by atoms with Crippen LogP contribution < -0.4 is 9.57 Å². The van der Waals surface area contributed by atoms with E-state index in [1.54, 1.807) is 5.01 Å². The number of hydrogen-bond acceptors (Lipinski definition) is 6. The van der Waals surface area contributed by atoms with Gasteiger partial charge in [0.15, 0.2) is 5.78 Å². The van der Waals surface area contributed by atoms with Crippen LogP contribution in [0.15, 0.2) is 53.4 Å². The van der Waals surface area contributed by atoms with Gasteiger partial charge in [0.2, 0.25) is 0 Å². The molecule has 1 aliphatic carbocycles. The zero-order valence-corrected chi connectivity index (χ0v) is 18.7. The third kappa shape index (κ3) is 5.54. The molecule has 0 bridgehead atoms. The van der Waals surface area contributed by atoms with E-state index in [9.17, 15) is 13.2 Å². The molecule has 7 nitrogen and oxygen atoms in total. The Balaban J connectivity index is 1.24. The molecule has 1 aliphatic heterocycles. The van der Waals surface area contributed by atoms with Crippen molar-refractivity contribution in [3.63, 3.8) is 0 Å². The van der Waals surface area contributed by atoms with Crippen LogP contribution in [0, 0.1) is 17.2 Å². The predicted molar refractivity (Wildman–Crippen MR) is 119 cm³/mol. The first kappa shape index (κ1) is 22.5. The summed E-state index contributed by atoms with van der Waals surface area (Å²) in [6.07, 6.45) is 5.46. The van der Waals surface area contributed by atoms with Crippen LogP contribution in [0.5, 0.6) is 5.75 Å². The maximum atomic E-state index is 12.7. The van der Waals surface area contributed by atoms with Crippen LogP contribution in [0.1, 0.15) is 54.4 Å². The molecule has 8 heteroatoms. The number of hydrogen-bond donors (Lipinski definition) is 1. The van der Waals surface area contributed by atoms with Gasteiger partial charge in [-0.25, -0.2) is 13.4 Å². The van der Waals surface area contributed by atoms with E-state index >= 15 is 0 Å². The Morgan fingerprint density at radius 3 is 2.47 bits per heavy atom. The number of nitrogens with one attached hydrogen (secondary N) is 1. The van der Waals surface area contributed by atoms with Crippen LogP contribution in [0.3, 0.4) is 0 Å². The van der Waals surface area contributed by atoms with Crippen LogP contribution in [-0.4, -0.2) is 38.4 Å². The van der Waals surface area contributed by atoms with Gasteiger partial charge < -0.3 is 4.74 Å². The third-order valence-corrected chi connectivity index (χ3v) is 7.31. The van der Waals surface area contributed by atoms with Crippen LogP contribution in [0.4, 0.5) is 0 Å². The molecule has 0 aromatic heterocycles. The van der Waals surface area contributed by atoms with Crippen molar-refractivity contribution in [2.24, 2.45) is 5.92 Å². The minimum Gasteiger partial charge on any atom is -0.494 e. The number of benzene rings is 2. The van der Waals surface area contributed by atoms with E-state index in [4.69, 9.17) is 10.00 Å². The highest BCUT2D eigenvalue weighted by Crippen LogP contribution is 2.33. The van der Waals surface area contributed by atoms with Crippen molar-refractivity contribution in [1.82, 2.24) is 9.84 Å². The van der Waals surface area contributed by atoms with Gasteiger partial charge in [0.25, 0.3) is 10.0 Å². The van der Waals surface area contributed by atoms with E-state index in [2.05, 4.69) is 4.83 Å². The maximum Gasteiger partial charge on any atom is 0.253 e. The fraction of sp³-hybridized carbons (Fsp3) is 0.417. The fourth-order valence-corrected chi connectivity index (χ4v) is 5.13. The number of hydrazine groups is 1. The van der Waals surface area contributed by atoms with Gasteiger partial charge >= 0.3 is 0 Å². The van der Waals surface area contributed by atoms with E-state index in [1.165, 1.54) is 24.3 Å². The minimum atomic E-state index is -3.68. The number of nitriles is 1. The number of Topliss-reactive ketones (excluding diaryl/α,β-unsaturated/α-hetero) is 1. The summed E-state index contributed by atoms with van der Waals surface area (Å²) in [7, 11) is -3.68. The molecule has 0 radical (unpaired) electrons. The summed E-state index contributed by atoms with van der Waals surface area (Å²) in [6.45, 7) is 1.19. The Bertz CT molecular complexity index is 1090. The van der Waals surface area contributed by atoms with Gasteiger partial charge in [-0.2, -0.15) is 5.26 Å². The number of nitrogens with zero attached hydrogens (tertiary/aromatic N) is 2. The standard InChI is InChI=1S/C24H27N3O4S/c25-17-18-5-13-23(14-6-18)32(29,30)26-27-15-1-3-21(27)4-2-16-31-22-11-9-20(10-12-22)24(28)19-7-8-19/h5-6,9-14,19,21,26H,1-4,7-8,15-16H2. The Morgan fingerprint density at radius 2 is 1.81 bits per heavy atom. The molecule has 1 N–H and O–H groups in total.